The average Bonchev–Trinajstić information content (AvgIpc) is 3.37. The van der Waals surface area contributed by atoms with Crippen molar-refractivity contribution in [2.45, 2.75) is 51.3 Å². The van der Waals surface area contributed by atoms with Gasteiger partial charge in [-0.2, -0.15) is 0 Å². The molecule has 0 radical (unpaired) electrons. The number of amides is 1. The van der Waals surface area contributed by atoms with Gasteiger partial charge in [0.15, 0.2) is 5.76 Å². The van der Waals surface area contributed by atoms with Crippen molar-refractivity contribution in [1.82, 2.24) is 14.7 Å². The zero-order chi connectivity index (χ0) is 20.2. The molecule has 7 heteroatoms. The van der Waals surface area contributed by atoms with E-state index in [9.17, 15) is 4.79 Å². The highest BCUT2D eigenvalue weighted by molar-refractivity contribution is 5.92. The van der Waals surface area contributed by atoms with Crippen molar-refractivity contribution < 1.29 is 18.7 Å². The van der Waals surface area contributed by atoms with E-state index in [1.54, 1.807) is 0 Å². The van der Waals surface area contributed by atoms with Gasteiger partial charge in [-0.3, -0.25) is 9.69 Å². The Labute approximate surface area is 173 Å². The second-order valence-corrected chi connectivity index (χ2v) is 8.71. The van der Waals surface area contributed by atoms with Crippen molar-refractivity contribution in [2.75, 3.05) is 59.6 Å². The van der Waals surface area contributed by atoms with Gasteiger partial charge in [0, 0.05) is 44.4 Å². The molecule has 29 heavy (non-hydrogen) atoms. The zero-order valence-electron chi connectivity index (χ0n) is 17.9. The van der Waals surface area contributed by atoms with Gasteiger partial charge in [0.1, 0.15) is 5.76 Å². The lowest BCUT2D eigenvalue weighted by molar-refractivity contribution is 0.0298. The minimum atomic E-state index is 0.0198. The van der Waals surface area contributed by atoms with Gasteiger partial charge in [0.25, 0.3) is 5.91 Å². The Morgan fingerprint density at radius 1 is 1.14 bits per heavy atom. The molecule has 0 bridgehead atoms. The molecule has 0 aromatic carbocycles. The second kappa shape index (κ2) is 9.60. The van der Waals surface area contributed by atoms with Crippen molar-refractivity contribution in [3.63, 3.8) is 0 Å². The van der Waals surface area contributed by atoms with Crippen molar-refractivity contribution in [1.29, 1.82) is 0 Å². The van der Waals surface area contributed by atoms with Crippen molar-refractivity contribution in [2.24, 2.45) is 0 Å². The lowest BCUT2D eigenvalue weighted by Gasteiger charge is -2.38. The molecule has 0 aliphatic carbocycles. The van der Waals surface area contributed by atoms with E-state index in [1.807, 2.05) is 17.9 Å². The monoisotopic (exact) mass is 405 g/mol. The standard InChI is InChI=1S/C22H35N3O4/c1-17-18(15-24-9-12-27-13-10-24)14-21(29-17)22(26)25(16-20-4-3-11-28-20)19-5-7-23(2)8-6-19/h14,19-20H,3-13,15-16H2,1-2H3/t20-/m1/s1. The number of piperidine rings is 1. The Hall–Kier alpha value is -1.41. The highest BCUT2D eigenvalue weighted by Gasteiger charge is 2.32. The van der Waals surface area contributed by atoms with Crippen LogP contribution in [0.5, 0.6) is 0 Å². The first kappa shape index (κ1) is 20.8. The fraction of sp³-hybridized carbons (Fsp3) is 0.773. The van der Waals surface area contributed by atoms with Gasteiger partial charge in [-0.25, -0.2) is 0 Å². The Morgan fingerprint density at radius 2 is 1.90 bits per heavy atom. The quantitative estimate of drug-likeness (QED) is 0.723. The van der Waals surface area contributed by atoms with Crippen LogP contribution in [0.2, 0.25) is 0 Å². The molecule has 1 aromatic heterocycles. The summed E-state index contributed by atoms with van der Waals surface area (Å²) in [4.78, 5) is 20.2. The minimum absolute atomic E-state index is 0.0198. The van der Waals surface area contributed by atoms with Crippen LogP contribution in [0.4, 0.5) is 0 Å². The molecular formula is C22H35N3O4. The summed E-state index contributed by atoms with van der Waals surface area (Å²) >= 11 is 0. The second-order valence-electron chi connectivity index (χ2n) is 8.71. The van der Waals surface area contributed by atoms with E-state index >= 15 is 0 Å². The molecule has 1 atom stereocenters. The van der Waals surface area contributed by atoms with Crippen LogP contribution in [0.1, 0.15) is 47.6 Å². The molecule has 4 heterocycles. The summed E-state index contributed by atoms with van der Waals surface area (Å²) in [5, 5.41) is 0. The van der Waals surface area contributed by atoms with E-state index in [-0.39, 0.29) is 18.1 Å². The largest absolute Gasteiger partial charge is 0.456 e. The molecule has 3 aliphatic heterocycles. The summed E-state index contributed by atoms with van der Waals surface area (Å²) in [6.45, 7) is 9.71. The van der Waals surface area contributed by atoms with Gasteiger partial charge in [0.05, 0.1) is 19.3 Å². The van der Waals surface area contributed by atoms with E-state index in [2.05, 4.69) is 16.8 Å². The zero-order valence-corrected chi connectivity index (χ0v) is 17.9. The molecular weight excluding hydrogens is 370 g/mol. The molecule has 162 valence electrons. The molecule has 0 spiro atoms. The maximum absolute atomic E-state index is 13.5. The first-order valence-corrected chi connectivity index (χ1v) is 11.1. The topological polar surface area (TPSA) is 58.4 Å². The number of hydrogen-bond acceptors (Lipinski definition) is 6. The number of furan rings is 1. The van der Waals surface area contributed by atoms with Gasteiger partial charge in [-0.15, -0.1) is 0 Å². The summed E-state index contributed by atoms with van der Waals surface area (Å²) in [5.74, 6) is 1.34. The van der Waals surface area contributed by atoms with Crippen LogP contribution in [-0.2, 0) is 16.0 Å². The molecule has 0 unspecified atom stereocenters. The third kappa shape index (κ3) is 5.20. The predicted molar refractivity (Wildman–Crippen MR) is 110 cm³/mol. The summed E-state index contributed by atoms with van der Waals surface area (Å²) in [6.07, 6.45) is 4.30. The fourth-order valence-corrected chi connectivity index (χ4v) is 4.64. The van der Waals surface area contributed by atoms with Crippen molar-refractivity contribution in [3.05, 3.63) is 23.2 Å². The van der Waals surface area contributed by atoms with Gasteiger partial charge >= 0.3 is 0 Å². The number of ether oxygens (including phenoxy) is 2. The number of hydrogen-bond donors (Lipinski definition) is 0. The number of carbonyl (C=O) groups excluding carboxylic acids is 1. The summed E-state index contributed by atoms with van der Waals surface area (Å²) in [7, 11) is 2.15. The van der Waals surface area contributed by atoms with Crippen LogP contribution in [0.25, 0.3) is 0 Å². The first-order chi connectivity index (χ1) is 14.1. The maximum atomic E-state index is 13.5. The molecule has 4 rings (SSSR count). The first-order valence-electron chi connectivity index (χ1n) is 11.1. The third-order valence-electron chi connectivity index (χ3n) is 6.54. The molecule has 7 nitrogen and oxygen atoms in total. The Kier molecular flexibility index (Phi) is 6.90. The number of rotatable bonds is 6. The average molecular weight is 406 g/mol. The summed E-state index contributed by atoms with van der Waals surface area (Å²) < 4.78 is 17.3. The smallest absolute Gasteiger partial charge is 0.289 e. The number of likely N-dealkylation sites (tertiary alicyclic amines) is 1. The predicted octanol–water partition coefficient (Wildman–Crippen LogP) is 2.14. The van der Waals surface area contributed by atoms with Crippen LogP contribution >= 0.6 is 0 Å². The van der Waals surface area contributed by atoms with Gasteiger partial charge < -0.3 is 23.7 Å². The number of morpholine rings is 1. The molecule has 3 aliphatic rings. The highest BCUT2D eigenvalue weighted by Crippen LogP contribution is 2.25. The lowest BCUT2D eigenvalue weighted by Crippen LogP contribution is -2.49. The van der Waals surface area contributed by atoms with Gasteiger partial charge in [0.2, 0.25) is 0 Å². The number of carbonyl (C=O) groups is 1. The third-order valence-corrected chi connectivity index (χ3v) is 6.54. The van der Waals surface area contributed by atoms with E-state index in [1.165, 1.54) is 0 Å². The highest BCUT2D eigenvalue weighted by atomic mass is 16.5. The normalized spacial score (nSPS) is 24.8. The van der Waals surface area contributed by atoms with Crippen LogP contribution in [0.15, 0.2) is 10.5 Å². The maximum Gasteiger partial charge on any atom is 0.289 e. The number of nitrogens with zero attached hydrogens (tertiary/aromatic N) is 3. The Balaban J connectivity index is 1.47. The SMILES string of the molecule is Cc1oc(C(=O)N(C[C@H]2CCCO2)C2CCN(C)CC2)cc1CN1CCOCC1. The van der Waals surface area contributed by atoms with Gasteiger partial charge in [-0.1, -0.05) is 0 Å². The van der Waals surface area contributed by atoms with Crippen LogP contribution in [0.3, 0.4) is 0 Å². The summed E-state index contributed by atoms with van der Waals surface area (Å²) in [6, 6.07) is 2.22. The van der Waals surface area contributed by atoms with Crippen LogP contribution in [-0.4, -0.2) is 92.3 Å². The molecule has 3 saturated heterocycles. The van der Waals surface area contributed by atoms with E-state index in [0.717, 1.165) is 89.6 Å². The minimum Gasteiger partial charge on any atom is -0.456 e. The van der Waals surface area contributed by atoms with Crippen molar-refractivity contribution >= 4 is 5.91 Å². The molecule has 1 amide bonds. The fourth-order valence-electron chi connectivity index (χ4n) is 4.64. The number of aryl methyl sites for hydroxylation is 1. The van der Waals surface area contributed by atoms with E-state index in [0.29, 0.717) is 12.3 Å². The molecule has 0 saturated carbocycles. The molecule has 0 N–H and O–H groups in total. The summed E-state index contributed by atoms with van der Waals surface area (Å²) in [5.41, 5.74) is 1.11. The molecule has 1 aromatic rings. The van der Waals surface area contributed by atoms with E-state index in [4.69, 9.17) is 13.9 Å². The van der Waals surface area contributed by atoms with Crippen LogP contribution < -0.4 is 0 Å². The van der Waals surface area contributed by atoms with Crippen molar-refractivity contribution in [3.8, 4) is 0 Å². The molecule has 3 fully saturated rings. The Morgan fingerprint density at radius 3 is 2.59 bits per heavy atom. The van der Waals surface area contributed by atoms with Crippen LogP contribution in [0, 0.1) is 6.92 Å². The van der Waals surface area contributed by atoms with E-state index < -0.39 is 0 Å². The van der Waals surface area contributed by atoms with Gasteiger partial charge in [-0.05, 0) is 58.8 Å². The lowest BCUT2D eigenvalue weighted by atomic mass is 10.0. The Bertz CT molecular complexity index is 672.